The molecular formula is C18H27N3O6. The molecule has 9 nitrogen and oxygen atoms in total. The first-order valence-corrected chi connectivity index (χ1v) is 8.66. The first kappa shape index (κ1) is 22.2. The SMILES string of the molecule is COC(=O)C(C)NC(=O)CNC(=O)OCc1ccc(OCCCCN)cc1. The lowest BCUT2D eigenvalue weighted by Gasteiger charge is -2.12. The summed E-state index contributed by atoms with van der Waals surface area (Å²) in [6, 6.07) is 6.37. The quantitative estimate of drug-likeness (QED) is 0.380. The van der Waals surface area contributed by atoms with Crippen LogP contribution in [0.4, 0.5) is 4.79 Å². The van der Waals surface area contributed by atoms with Gasteiger partial charge < -0.3 is 30.6 Å². The molecule has 27 heavy (non-hydrogen) atoms. The number of carbonyl (C=O) groups excluding carboxylic acids is 3. The molecule has 4 N–H and O–H groups in total. The summed E-state index contributed by atoms with van der Waals surface area (Å²) < 4.78 is 15.1. The minimum atomic E-state index is -0.795. The summed E-state index contributed by atoms with van der Waals surface area (Å²) in [6.45, 7) is 2.47. The topological polar surface area (TPSA) is 129 Å². The molecule has 2 amide bonds. The van der Waals surface area contributed by atoms with Gasteiger partial charge in [-0.1, -0.05) is 12.1 Å². The van der Waals surface area contributed by atoms with Crippen molar-refractivity contribution >= 4 is 18.0 Å². The molecule has 0 radical (unpaired) electrons. The largest absolute Gasteiger partial charge is 0.494 e. The van der Waals surface area contributed by atoms with Gasteiger partial charge in [0.25, 0.3) is 0 Å². The first-order valence-electron chi connectivity index (χ1n) is 8.66. The Hall–Kier alpha value is -2.81. The number of benzene rings is 1. The minimum Gasteiger partial charge on any atom is -0.494 e. The van der Waals surface area contributed by atoms with Crippen LogP contribution in [0.2, 0.25) is 0 Å². The normalized spacial score (nSPS) is 11.2. The zero-order chi connectivity index (χ0) is 20.1. The predicted molar refractivity (Wildman–Crippen MR) is 98.0 cm³/mol. The first-order chi connectivity index (χ1) is 13.0. The average molecular weight is 381 g/mol. The fourth-order valence-corrected chi connectivity index (χ4v) is 2.00. The van der Waals surface area contributed by atoms with Gasteiger partial charge in [0.15, 0.2) is 0 Å². The highest BCUT2D eigenvalue weighted by Crippen LogP contribution is 2.13. The maximum Gasteiger partial charge on any atom is 0.407 e. The van der Waals surface area contributed by atoms with E-state index in [4.69, 9.17) is 15.2 Å². The van der Waals surface area contributed by atoms with E-state index >= 15 is 0 Å². The molecule has 1 unspecified atom stereocenters. The number of unbranched alkanes of at least 4 members (excludes halogenated alkanes) is 1. The van der Waals surface area contributed by atoms with Crippen LogP contribution >= 0.6 is 0 Å². The molecule has 0 aliphatic heterocycles. The molecule has 0 aromatic heterocycles. The monoisotopic (exact) mass is 381 g/mol. The van der Waals surface area contributed by atoms with E-state index in [1.807, 2.05) is 0 Å². The molecule has 1 aromatic rings. The van der Waals surface area contributed by atoms with Gasteiger partial charge >= 0.3 is 12.1 Å². The van der Waals surface area contributed by atoms with Crippen LogP contribution in [0.5, 0.6) is 5.75 Å². The molecule has 150 valence electrons. The summed E-state index contributed by atoms with van der Waals surface area (Å²) in [5.74, 6) is -0.365. The van der Waals surface area contributed by atoms with Gasteiger partial charge in [0.2, 0.25) is 5.91 Å². The molecule has 1 atom stereocenters. The third kappa shape index (κ3) is 9.45. The van der Waals surface area contributed by atoms with E-state index in [9.17, 15) is 14.4 Å². The van der Waals surface area contributed by atoms with Gasteiger partial charge in [-0.25, -0.2) is 9.59 Å². The van der Waals surface area contributed by atoms with Crippen LogP contribution in [-0.4, -0.2) is 50.8 Å². The lowest BCUT2D eigenvalue weighted by molar-refractivity contribution is -0.144. The Balaban J connectivity index is 2.25. The Morgan fingerprint density at radius 2 is 1.85 bits per heavy atom. The number of methoxy groups -OCH3 is 1. The molecule has 0 fully saturated rings. The van der Waals surface area contributed by atoms with Crippen LogP contribution in [0, 0.1) is 0 Å². The number of ether oxygens (including phenoxy) is 3. The van der Waals surface area contributed by atoms with Crippen molar-refractivity contribution in [1.82, 2.24) is 10.6 Å². The fraction of sp³-hybridized carbons (Fsp3) is 0.500. The summed E-state index contributed by atoms with van der Waals surface area (Å²) >= 11 is 0. The highest BCUT2D eigenvalue weighted by molar-refractivity contribution is 5.86. The van der Waals surface area contributed by atoms with Gasteiger partial charge in [-0.15, -0.1) is 0 Å². The van der Waals surface area contributed by atoms with Gasteiger partial charge in [0, 0.05) is 0 Å². The molecular weight excluding hydrogens is 354 g/mol. The number of rotatable bonds is 11. The number of nitrogens with two attached hydrogens (primary N) is 1. The van der Waals surface area contributed by atoms with E-state index in [0.717, 1.165) is 24.2 Å². The Morgan fingerprint density at radius 3 is 2.48 bits per heavy atom. The number of carbonyl (C=O) groups is 3. The molecule has 1 rings (SSSR count). The van der Waals surface area contributed by atoms with Crippen molar-refractivity contribution in [2.75, 3.05) is 26.8 Å². The van der Waals surface area contributed by atoms with Crippen molar-refractivity contribution < 1.29 is 28.6 Å². The number of alkyl carbamates (subject to hydrolysis) is 1. The van der Waals surface area contributed by atoms with Gasteiger partial charge in [-0.2, -0.15) is 0 Å². The van der Waals surface area contributed by atoms with Crippen molar-refractivity contribution in [3.05, 3.63) is 29.8 Å². The van der Waals surface area contributed by atoms with Gasteiger partial charge in [-0.05, 0) is 44.0 Å². The van der Waals surface area contributed by atoms with E-state index in [-0.39, 0.29) is 13.2 Å². The van der Waals surface area contributed by atoms with Crippen LogP contribution in [0.15, 0.2) is 24.3 Å². The molecule has 9 heteroatoms. The number of hydrogen-bond donors (Lipinski definition) is 3. The fourth-order valence-electron chi connectivity index (χ4n) is 2.00. The Labute approximate surface area is 158 Å². The van der Waals surface area contributed by atoms with Gasteiger partial charge in [0.1, 0.15) is 24.9 Å². The smallest absolute Gasteiger partial charge is 0.407 e. The van der Waals surface area contributed by atoms with E-state index < -0.39 is 24.0 Å². The lowest BCUT2D eigenvalue weighted by Crippen LogP contribution is -2.44. The van der Waals surface area contributed by atoms with E-state index in [2.05, 4.69) is 15.4 Å². The molecule has 0 aliphatic carbocycles. The summed E-state index contributed by atoms with van der Waals surface area (Å²) in [5, 5.41) is 4.69. The molecule has 0 spiro atoms. The van der Waals surface area contributed by atoms with Crippen LogP contribution in [0.25, 0.3) is 0 Å². The molecule has 0 aliphatic rings. The maximum atomic E-state index is 11.6. The second-order valence-electron chi connectivity index (χ2n) is 5.73. The van der Waals surface area contributed by atoms with E-state index in [1.54, 1.807) is 24.3 Å². The molecule has 0 saturated carbocycles. The third-order valence-corrected chi connectivity index (χ3v) is 3.49. The average Bonchev–Trinajstić information content (AvgIpc) is 2.68. The maximum absolute atomic E-state index is 11.6. The lowest BCUT2D eigenvalue weighted by atomic mass is 10.2. The third-order valence-electron chi connectivity index (χ3n) is 3.49. The Bertz CT molecular complexity index is 606. The number of amides is 2. The van der Waals surface area contributed by atoms with Crippen molar-refractivity contribution in [2.24, 2.45) is 5.73 Å². The van der Waals surface area contributed by atoms with E-state index in [1.165, 1.54) is 14.0 Å². The number of esters is 1. The van der Waals surface area contributed by atoms with Crippen LogP contribution in [0.3, 0.4) is 0 Å². The zero-order valence-electron chi connectivity index (χ0n) is 15.7. The van der Waals surface area contributed by atoms with Crippen molar-refractivity contribution in [3.63, 3.8) is 0 Å². The van der Waals surface area contributed by atoms with Gasteiger partial charge in [0.05, 0.1) is 13.7 Å². The van der Waals surface area contributed by atoms with Crippen molar-refractivity contribution in [2.45, 2.75) is 32.4 Å². The molecule has 0 bridgehead atoms. The summed E-state index contributed by atoms with van der Waals surface area (Å²) in [6.07, 6.45) is 1.08. The summed E-state index contributed by atoms with van der Waals surface area (Å²) in [7, 11) is 1.22. The van der Waals surface area contributed by atoms with Crippen LogP contribution in [0.1, 0.15) is 25.3 Å². The molecule has 0 saturated heterocycles. The van der Waals surface area contributed by atoms with Crippen molar-refractivity contribution in [3.8, 4) is 5.75 Å². The predicted octanol–water partition coefficient (Wildman–Crippen LogP) is 0.708. The highest BCUT2D eigenvalue weighted by atomic mass is 16.5. The second kappa shape index (κ2) is 12.5. The van der Waals surface area contributed by atoms with Crippen LogP contribution < -0.4 is 21.1 Å². The van der Waals surface area contributed by atoms with Crippen molar-refractivity contribution in [1.29, 1.82) is 0 Å². The Kier molecular flexibility index (Phi) is 10.3. The standard InChI is InChI=1S/C18H27N3O6/c1-13(17(23)25-2)21-16(22)11-20-18(24)27-12-14-5-7-15(8-6-14)26-10-4-3-9-19/h5-8,13H,3-4,9-12,19H2,1-2H3,(H,20,24)(H,21,22). The number of nitrogens with one attached hydrogen (secondary N) is 2. The Morgan fingerprint density at radius 1 is 1.15 bits per heavy atom. The zero-order valence-corrected chi connectivity index (χ0v) is 15.7. The second-order valence-corrected chi connectivity index (χ2v) is 5.73. The molecule has 1 aromatic carbocycles. The summed E-state index contributed by atoms with van der Waals surface area (Å²) in [4.78, 5) is 34.4. The molecule has 0 heterocycles. The van der Waals surface area contributed by atoms with Crippen LogP contribution in [-0.2, 0) is 25.7 Å². The highest BCUT2D eigenvalue weighted by Gasteiger charge is 2.16. The summed E-state index contributed by atoms with van der Waals surface area (Å²) in [5.41, 5.74) is 6.20. The minimum absolute atomic E-state index is 0.0550. The van der Waals surface area contributed by atoms with Gasteiger partial charge in [-0.3, -0.25) is 4.79 Å². The number of hydrogen-bond acceptors (Lipinski definition) is 7. The van der Waals surface area contributed by atoms with E-state index in [0.29, 0.717) is 13.2 Å².